The van der Waals surface area contributed by atoms with Crippen molar-refractivity contribution >= 4 is 23.4 Å². The molecule has 0 radical (unpaired) electrons. The van der Waals surface area contributed by atoms with Gasteiger partial charge in [0, 0.05) is 36.1 Å². The van der Waals surface area contributed by atoms with Crippen LogP contribution in [0.5, 0.6) is 0 Å². The first-order valence-corrected chi connectivity index (χ1v) is 9.48. The maximum absolute atomic E-state index is 13.3. The molecule has 1 fully saturated rings. The third-order valence-electron chi connectivity index (χ3n) is 4.83. The summed E-state index contributed by atoms with van der Waals surface area (Å²) in [5, 5.41) is 3.66. The number of carbonyl (C=O) groups excluding carboxylic acids is 2. The van der Waals surface area contributed by atoms with Gasteiger partial charge in [0.1, 0.15) is 5.82 Å². The van der Waals surface area contributed by atoms with Gasteiger partial charge in [-0.05, 0) is 55.2 Å². The van der Waals surface area contributed by atoms with Gasteiger partial charge >= 0.3 is 0 Å². The van der Waals surface area contributed by atoms with Gasteiger partial charge in [-0.1, -0.05) is 29.8 Å². The van der Waals surface area contributed by atoms with Crippen molar-refractivity contribution < 1.29 is 14.0 Å². The third kappa shape index (κ3) is 5.30. The van der Waals surface area contributed by atoms with E-state index in [9.17, 15) is 14.0 Å². The first-order valence-electron chi connectivity index (χ1n) is 9.10. The lowest BCUT2D eigenvalue weighted by Crippen LogP contribution is -2.43. The van der Waals surface area contributed by atoms with Crippen LogP contribution in [0.1, 0.15) is 28.8 Å². The molecule has 0 bridgehead atoms. The third-order valence-corrected chi connectivity index (χ3v) is 5.06. The lowest BCUT2D eigenvalue weighted by Gasteiger charge is -2.31. The zero-order valence-electron chi connectivity index (χ0n) is 15.0. The molecule has 2 aromatic carbocycles. The fourth-order valence-electron chi connectivity index (χ4n) is 3.32. The summed E-state index contributed by atoms with van der Waals surface area (Å²) in [6, 6.07) is 13.3. The van der Waals surface area contributed by atoms with Crippen LogP contribution in [0.4, 0.5) is 4.39 Å². The lowest BCUT2D eigenvalue weighted by atomic mass is 9.95. The summed E-state index contributed by atoms with van der Waals surface area (Å²) >= 11 is 5.96. The standard InChI is InChI=1S/C21H22ClFN2O2/c22-18-5-1-3-15(13-18)7-10-24-20(26)16-8-11-25(12-9-16)21(27)17-4-2-6-19(23)14-17/h1-6,13-14,16H,7-12H2,(H,24,26). The molecule has 4 nitrogen and oxygen atoms in total. The van der Waals surface area contributed by atoms with Crippen LogP contribution >= 0.6 is 11.6 Å². The van der Waals surface area contributed by atoms with E-state index >= 15 is 0 Å². The molecule has 3 rings (SSSR count). The Bertz CT molecular complexity index is 819. The Morgan fingerprint density at radius 3 is 2.56 bits per heavy atom. The molecular weight excluding hydrogens is 367 g/mol. The molecule has 0 unspecified atom stereocenters. The van der Waals surface area contributed by atoms with Gasteiger partial charge in [-0.15, -0.1) is 0 Å². The van der Waals surface area contributed by atoms with Crippen LogP contribution in [0.25, 0.3) is 0 Å². The molecule has 0 aromatic heterocycles. The summed E-state index contributed by atoms with van der Waals surface area (Å²) in [6.45, 7) is 1.56. The highest BCUT2D eigenvalue weighted by molar-refractivity contribution is 6.30. The highest BCUT2D eigenvalue weighted by Gasteiger charge is 2.27. The molecule has 2 amide bonds. The van der Waals surface area contributed by atoms with Crippen molar-refractivity contribution in [2.75, 3.05) is 19.6 Å². The van der Waals surface area contributed by atoms with Crippen LogP contribution < -0.4 is 5.32 Å². The Hall–Kier alpha value is -2.40. The van der Waals surface area contributed by atoms with Crippen molar-refractivity contribution in [3.05, 3.63) is 70.5 Å². The molecule has 2 aromatic rings. The molecule has 1 N–H and O–H groups in total. The lowest BCUT2D eigenvalue weighted by molar-refractivity contribution is -0.126. The van der Waals surface area contributed by atoms with Crippen LogP contribution in [-0.4, -0.2) is 36.3 Å². The van der Waals surface area contributed by atoms with Crippen LogP contribution in [0, 0.1) is 11.7 Å². The van der Waals surface area contributed by atoms with Crippen LogP contribution in [0.15, 0.2) is 48.5 Å². The fourth-order valence-corrected chi connectivity index (χ4v) is 3.53. The van der Waals surface area contributed by atoms with Crippen molar-refractivity contribution in [1.82, 2.24) is 10.2 Å². The van der Waals surface area contributed by atoms with E-state index in [0.29, 0.717) is 43.1 Å². The van der Waals surface area contributed by atoms with Gasteiger partial charge in [-0.2, -0.15) is 0 Å². The largest absolute Gasteiger partial charge is 0.356 e. The second-order valence-electron chi connectivity index (χ2n) is 6.75. The van der Waals surface area contributed by atoms with Gasteiger partial charge in [0.05, 0.1) is 0 Å². The van der Waals surface area contributed by atoms with Gasteiger partial charge in [-0.3, -0.25) is 9.59 Å². The summed E-state index contributed by atoms with van der Waals surface area (Å²) in [5.74, 6) is -0.681. The van der Waals surface area contributed by atoms with Gasteiger partial charge in [0.25, 0.3) is 5.91 Å². The molecular formula is C21H22ClFN2O2. The van der Waals surface area contributed by atoms with Crippen LogP contribution in [-0.2, 0) is 11.2 Å². The maximum Gasteiger partial charge on any atom is 0.253 e. The van der Waals surface area contributed by atoms with Crippen LogP contribution in [0.2, 0.25) is 5.02 Å². The summed E-state index contributed by atoms with van der Waals surface area (Å²) in [6.07, 6.45) is 1.96. The number of likely N-dealkylation sites (tertiary alicyclic amines) is 1. The minimum atomic E-state index is -0.421. The Morgan fingerprint density at radius 2 is 1.85 bits per heavy atom. The van der Waals surface area contributed by atoms with E-state index in [4.69, 9.17) is 11.6 Å². The molecule has 1 saturated heterocycles. The van der Waals surface area contributed by atoms with E-state index in [1.54, 1.807) is 11.0 Å². The SMILES string of the molecule is O=C(NCCc1cccc(Cl)c1)C1CCN(C(=O)c2cccc(F)c2)CC1. The molecule has 0 atom stereocenters. The monoisotopic (exact) mass is 388 g/mol. The van der Waals surface area contributed by atoms with Crippen molar-refractivity contribution in [2.45, 2.75) is 19.3 Å². The zero-order valence-corrected chi connectivity index (χ0v) is 15.7. The number of rotatable bonds is 5. The number of hydrogen-bond acceptors (Lipinski definition) is 2. The molecule has 142 valence electrons. The molecule has 0 aliphatic carbocycles. The summed E-state index contributed by atoms with van der Waals surface area (Å²) in [4.78, 5) is 26.5. The second kappa shape index (κ2) is 9.00. The minimum absolute atomic E-state index is 0.0230. The summed E-state index contributed by atoms with van der Waals surface area (Å²) in [5.41, 5.74) is 1.43. The molecule has 0 spiro atoms. The van der Waals surface area contributed by atoms with Gasteiger partial charge < -0.3 is 10.2 Å². The van der Waals surface area contributed by atoms with E-state index in [1.165, 1.54) is 18.2 Å². The van der Waals surface area contributed by atoms with E-state index in [-0.39, 0.29) is 17.7 Å². The molecule has 0 saturated carbocycles. The quantitative estimate of drug-likeness (QED) is 0.849. The number of benzene rings is 2. The first kappa shape index (κ1) is 19.4. The molecule has 1 heterocycles. The maximum atomic E-state index is 13.3. The number of amides is 2. The summed E-state index contributed by atoms with van der Waals surface area (Å²) in [7, 11) is 0. The van der Waals surface area contributed by atoms with Crippen molar-refractivity contribution in [3.8, 4) is 0 Å². The number of nitrogens with zero attached hydrogens (tertiary/aromatic N) is 1. The Kier molecular flexibility index (Phi) is 6.45. The minimum Gasteiger partial charge on any atom is -0.356 e. The fraction of sp³-hybridized carbons (Fsp3) is 0.333. The average molecular weight is 389 g/mol. The van der Waals surface area contributed by atoms with Gasteiger partial charge in [0.2, 0.25) is 5.91 Å². The predicted octanol–water partition coefficient (Wildman–Crippen LogP) is 3.69. The smallest absolute Gasteiger partial charge is 0.253 e. The van der Waals surface area contributed by atoms with Gasteiger partial charge in [-0.25, -0.2) is 4.39 Å². The van der Waals surface area contributed by atoms with Gasteiger partial charge in [0.15, 0.2) is 0 Å². The molecule has 1 aliphatic rings. The molecule has 1 aliphatic heterocycles. The Balaban J connectivity index is 1.44. The number of piperidine rings is 1. The Morgan fingerprint density at radius 1 is 1.11 bits per heavy atom. The van der Waals surface area contributed by atoms with Crippen molar-refractivity contribution in [2.24, 2.45) is 5.92 Å². The second-order valence-corrected chi connectivity index (χ2v) is 7.18. The van der Waals surface area contributed by atoms with E-state index in [2.05, 4.69) is 5.32 Å². The Labute approximate surface area is 163 Å². The number of carbonyl (C=O) groups is 2. The molecule has 6 heteroatoms. The zero-order chi connectivity index (χ0) is 19.2. The van der Waals surface area contributed by atoms with E-state index < -0.39 is 5.82 Å². The highest BCUT2D eigenvalue weighted by atomic mass is 35.5. The van der Waals surface area contributed by atoms with Crippen LogP contribution in [0.3, 0.4) is 0 Å². The average Bonchev–Trinajstić information content (AvgIpc) is 2.67. The van der Waals surface area contributed by atoms with E-state index in [0.717, 1.165) is 12.0 Å². The highest BCUT2D eigenvalue weighted by Crippen LogP contribution is 2.20. The number of halogens is 2. The van der Waals surface area contributed by atoms with E-state index in [1.807, 2.05) is 24.3 Å². The topological polar surface area (TPSA) is 49.4 Å². The number of hydrogen-bond donors (Lipinski definition) is 1. The molecule has 27 heavy (non-hydrogen) atoms. The van der Waals surface area contributed by atoms with Crippen molar-refractivity contribution in [1.29, 1.82) is 0 Å². The summed E-state index contributed by atoms with van der Waals surface area (Å²) < 4.78 is 13.3. The predicted molar refractivity (Wildman–Crippen MR) is 103 cm³/mol. The first-order chi connectivity index (χ1) is 13.0. The normalized spacial score (nSPS) is 14.8. The number of nitrogens with one attached hydrogen (secondary N) is 1. The van der Waals surface area contributed by atoms with Crippen molar-refractivity contribution in [3.63, 3.8) is 0 Å².